The van der Waals surface area contributed by atoms with Crippen LogP contribution in [0.3, 0.4) is 0 Å². The molecule has 0 aliphatic rings. The van der Waals surface area contributed by atoms with Gasteiger partial charge in [-0.2, -0.15) is 5.10 Å². The van der Waals surface area contributed by atoms with E-state index in [1.807, 2.05) is 33.8 Å². The maximum Gasteiger partial charge on any atom is 0.258 e. The van der Waals surface area contributed by atoms with E-state index in [9.17, 15) is 9.90 Å². The number of carbonyl (C=O) groups excluding carboxylic acids is 1. The molecule has 0 saturated carbocycles. The molecule has 1 aromatic heterocycles. The van der Waals surface area contributed by atoms with Crippen molar-refractivity contribution in [3.63, 3.8) is 0 Å². The standard InChI is InChI=1S/C16H21N3O2/c1-5-19(12(4)13-7-6-8-14(20)9-13)16(21)15-10(2)17-18-11(15)3/h6-9,12,20H,5H2,1-4H3,(H,17,18). The van der Waals surface area contributed by atoms with Crippen LogP contribution in [0.4, 0.5) is 0 Å². The van der Waals surface area contributed by atoms with Gasteiger partial charge in [-0.05, 0) is 45.4 Å². The largest absolute Gasteiger partial charge is 0.508 e. The van der Waals surface area contributed by atoms with Crippen LogP contribution in [0.1, 0.15) is 47.2 Å². The molecule has 1 atom stereocenters. The topological polar surface area (TPSA) is 69.2 Å². The first-order valence-corrected chi connectivity index (χ1v) is 7.07. The highest BCUT2D eigenvalue weighted by Crippen LogP contribution is 2.25. The Morgan fingerprint density at radius 2 is 2.14 bits per heavy atom. The van der Waals surface area contributed by atoms with Crippen molar-refractivity contribution in [1.82, 2.24) is 15.1 Å². The normalized spacial score (nSPS) is 12.2. The van der Waals surface area contributed by atoms with E-state index in [0.717, 1.165) is 11.3 Å². The number of phenolic OH excluding ortho intramolecular Hbond substituents is 1. The van der Waals surface area contributed by atoms with E-state index >= 15 is 0 Å². The minimum absolute atomic E-state index is 0.0444. The molecule has 0 saturated heterocycles. The van der Waals surface area contributed by atoms with Crippen molar-refractivity contribution < 1.29 is 9.90 Å². The molecule has 1 heterocycles. The van der Waals surface area contributed by atoms with Gasteiger partial charge in [0, 0.05) is 12.2 Å². The van der Waals surface area contributed by atoms with Crippen LogP contribution in [0.25, 0.3) is 0 Å². The van der Waals surface area contributed by atoms with Gasteiger partial charge in [-0.3, -0.25) is 9.89 Å². The van der Waals surface area contributed by atoms with E-state index in [4.69, 9.17) is 0 Å². The molecule has 2 N–H and O–H groups in total. The highest BCUT2D eigenvalue weighted by molar-refractivity contribution is 5.96. The third-order valence-electron chi connectivity index (χ3n) is 3.76. The predicted molar refractivity (Wildman–Crippen MR) is 81.3 cm³/mol. The number of hydrogen-bond acceptors (Lipinski definition) is 3. The van der Waals surface area contributed by atoms with Gasteiger partial charge in [0.05, 0.1) is 17.3 Å². The molecule has 2 aromatic rings. The average molecular weight is 287 g/mol. The number of nitrogens with zero attached hydrogens (tertiary/aromatic N) is 2. The number of aryl methyl sites for hydroxylation is 2. The van der Waals surface area contributed by atoms with Crippen molar-refractivity contribution >= 4 is 5.91 Å². The fraction of sp³-hybridized carbons (Fsp3) is 0.375. The third-order valence-corrected chi connectivity index (χ3v) is 3.76. The number of phenols is 1. The van der Waals surface area contributed by atoms with E-state index in [2.05, 4.69) is 10.2 Å². The van der Waals surface area contributed by atoms with Gasteiger partial charge < -0.3 is 10.0 Å². The minimum atomic E-state index is -0.122. The van der Waals surface area contributed by atoms with Crippen LogP contribution in [0.5, 0.6) is 5.75 Å². The van der Waals surface area contributed by atoms with Crippen LogP contribution in [0.2, 0.25) is 0 Å². The van der Waals surface area contributed by atoms with Crippen molar-refractivity contribution in [2.75, 3.05) is 6.54 Å². The SMILES string of the molecule is CCN(C(=O)c1c(C)n[nH]c1C)C(C)c1cccc(O)c1. The van der Waals surface area contributed by atoms with Crippen LogP contribution in [-0.4, -0.2) is 32.7 Å². The fourth-order valence-corrected chi connectivity index (χ4v) is 2.57. The van der Waals surface area contributed by atoms with Crippen LogP contribution in [0.15, 0.2) is 24.3 Å². The lowest BCUT2D eigenvalue weighted by Crippen LogP contribution is -2.34. The van der Waals surface area contributed by atoms with Crippen LogP contribution in [0, 0.1) is 13.8 Å². The highest BCUT2D eigenvalue weighted by atomic mass is 16.3. The first kappa shape index (κ1) is 15.1. The Morgan fingerprint density at radius 3 is 2.67 bits per heavy atom. The molecule has 0 fully saturated rings. The van der Waals surface area contributed by atoms with E-state index in [1.165, 1.54) is 0 Å². The Morgan fingerprint density at radius 1 is 1.43 bits per heavy atom. The number of hydrogen-bond donors (Lipinski definition) is 2. The fourth-order valence-electron chi connectivity index (χ4n) is 2.57. The molecular formula is C16H21N3O2. The number of aromatic hydroxyl groups is 1. The van der Waals surface area contributed by atoms with E-state index in [0.29, 0.717) is 17.8 Å². The molecule has 0 radical (unpaired) electrons. The van der Waals surface area contributed by atoms with Crippen LogP contribution < -0.4 is 0 Å². The molecule has 1 aromatic carbocycles. The number of rotatable bonds is 4. The van der Waals surface area contributed by atoms with Gasteiger partial charge in [0.1, 0.15) is 5.75 Å². The number of aromatic amines is 1. The molecule has 0 aliphatic carbocycles. The zero-order valence-corrected chi connectivity index (χ0v) is 12.8. The first-order chi connectivity index (χ1) is 9.95. The number of nitrogens with one attached hydrogen (secondary N) is 1. The second-order valence-corrected chi connectivity index (χ2v) is 5.17. The number of H-pyrrole nitrogens is 1. The van der Waals surface area contributed by atoms with Crippen molar-refractivity contribution in [3.05, 3.63) is 46.8 Å². The van der Waals surface area contributed by atoms with Gasteiger partial charge in [-0.15, -0.1) is 0 Å². The van der Waals surface area contributed by atoms with E-state index < -0.39 is 0 Å². The van der Waals surface area contributed by atoms with Gasteiger partial charge in [-0.1, -0.05) is 12.1 Å². The molecule has 112 valence electrons. The van der Waals surface area contributed by atoms with Gasteiger partial charge in [0.15, 0.2) is 0 Å². The molecule has 0 bridgehead atoms. The smallest absolute Gasteiger partial charge is 0.258 e. The summed E-state index contributed by atoms with van der Waals surface area (Å²) in [4.78, 5) is 14.6. The van der Waals surface area contributed by atoms with Gasteiger partial charge in [-0.25, -0.2) is 0 Å². The maximum absolute atomic E-state index is 12.8. The van der Waals surface area contributed by atoms with Crippen LogP contribution >= 0.6 is 0 Å². The summed E-state index contributed by atoms with van der Waals surface area (Å²) in [6, 6.07) is 6.89. The summed E-state index contributed by atoms with van der Waals surface area (Å²) in [7, 11) is 0. The molecular weight excluding hydrogens is 266 g/mol. The minimum Gasteiger partial charge on any atom is -0.508 e. The summed E-state index contributed by atoms with van der Waals surface area (Å²) in [6.45, 7) is 8.16. The second-order valence-electron chi connectivity index (χ2n) is 5.17. The summed E-state index contributed by atoms with van der Waals surface area (Å²) in [6.07, 6.45) is 0. The lowest BCUT2D eigenvalue weighted by Gasteiger charge is -2.28. The quantitative estimate of drug-likeness (QED) is 0.908. The van der Waals surface area contributed by atoms with E-state index in [1.54, 1.807) is 23.1 Å². The van der Waals surface area contributed by atoms with Crippen molar-refractivity contribution in [3.8, 4) is 5.75 Å². The molecule has 1 amide bonds. The van der Waals surface area contributed by atoms with Crippen molar-refractivity contribution in [2.24, 2.45) is 0 Å². The second kappa shape index (κ2) is 5.99. The Balaban J connectivity index is 2.33. The van der Waals surface area contributed by atoms with Gasteiger partial charge >= 0.3 is 0 Å². The van der Waals surface area contributed by atoms with Gasteiger partial charge in [0.2, 0.25) is 0 Å². The number of benzene rings is 1. The lowest BCUT2D eigenvalue weighted by atomic mass is 10.0. The third kappa shape index (κ3) is 2.91. The van der Waals surface area contributed by atoms with E-state index in [-0.39, 0.29) is 17.7 Å². The lowest BCUT2D eigenvalue weighted by molar-refractivity contribution is 0.0700. The van der Waals surface area contributed by atoms with Gasteiger partial charge in [0.25, 0.3) is 5.91 Å². The number of amides is 1. The molecule has 0 aliphatic heterocycles. The number of aromatic nitrogens is 2. The average Bonchev–Trinajstić information content (AvgIpc) is 2.78. The highest BCUT2D eigenvalue weighted by Gasteiger charge is 2.25. The molecule has 5 heteroatoms. The first-order valence-electron chi connectivity index (χ1n) is 7.07. The Labute approximate surface area is 124 Å². The summed E-state index contributed by atoms with van der Waals surface area (Å²) < 4.78 is 0. The molecule has 5 nitrogen and oxygen atoms in total. The van der Waals surface area contributed by atoms with Crippen molar-refractivity contribution in [2.45, 2.75) is 33.7 Å². The molecule has 1 unspecified atom stereocenters. The summed E-state index contributed by atoms with van der Waals surface area (Å²) in [5, 5.41) is 16.5. The number of carbonyl (C=O) groups is 1. The zero-order valence-electron chi connectivity index (χ0n) is 12.8. The Bertz CT molecular complexity index is 629. The zero-order chi connectivity index (χ0) is 15.6. The Kier molecular flexibility index (Phi) is 4.31. The van der Waals surface area contributed by atoms with Crippen LogP contribution in [-0.2, 0) is 0 Å². The summed E-state index contributed by atoms with van der Waals surface area (Å²) in [5.41, 5.74) is 3.02. The molecule has 21 heavy (non-hydrogen) atoms. The predicted octanol–water partition coefficient (Wildman–Crippen LogP) is 2.96. The maximum atomic E-state index is 12.8. The van der Waals surface area contributed by atoms with Crippen molar-refractivity contribution in [1.29, 1.82) is 0 Å². The Hall–Kier alpha value is -2.30. The summed E-state index contributed by atoms with van der Waals surface area (Å²) in [5.74, 6) is 0.163. The molecule has 2 rings (SSSR count). The monoisotopic (exact) mass is 287 g/mol. The molecule has 0 spiro atoms. The summed E-state index contributed by atoms with van der Waals surface area (Å²) >= 11 is 0.